The standard InChI is InChI=1S/C31H56N2O17P2/c1-17(2)9-7-10-18(3)11-8-12-19(4)13-14-45-51(41,42)50-52(43,44)49-31-25(33-21(6)37)28(40)29(23(16-35)47-31)48-30-24(32-20(5)36)27(39)26(38)22(15-34)46-30/h9,11,19,22-31,34-35,38-40H,7-8,10,12-16H2,1-6H3,(H,32,36)(H,33,37)(H,41,42)(H,43,44)/b18-11+. The number of hydrogen-bond acceptors (Lipinski definition) is 15. The monoisotopic (exact) mass is 790 g/mol. The summed E-state index contributed by atoms with van der Waals surface area (Å²) in [6.45, 7) is 8.13. The Bertz CT molecular complexity index is 1310. The maximum absolute atomic E-state index is 12.9. The van der Waals surface area contributed by atoms with Crippen molar-refractivity contribution in [3.8, 4) is 0 Å². The van der Waals surface area contributed by atoms with Crippen LogP contribution in [0.4, 0.5) is 0 Å². The first-order chi connectivity index (χ1) is 24.2. The summed E-state index contributed by atoms with van der Waals surface area (Å²) in [5.41, 5.74) is 2.51. The maximum atomic E-state index is 12.9. The lowest BCUT2D eigenvalue weighted by molar-refractivity contribution is -0.325. The Labute approximate surface area is 303 Å². The Morgan fingerprint density at radius 2 is 1.37 bits per heavy atom. The molecule has 0 saturated carbocycles. The van der Waals surface area contributed by atoms with Gasteiger partial charge in [-0.3, -0.25) is 18.6 Å². The number of allylic oxidation sites excluding steroid dienone is 4. The summed E-state index contributed by atoms with van der Waals surface area (Å²) >= 11 is 0. The van der Waals surface area contributed by atoms with Crippen LogP contribution < -0.4 is 10.6 Å². The molecule has 13 atom stereocenters. The number of phosphoric ester groups is 2. The average molecular weight is 791 g/mol. The Balaban J connectivity index is 2.08. The molecular formula is C31H56N2O17P2. The molecule has 2 heterocycles. The number of aliphatic hydroxyl groups excluding tert-OH is 5. The minimum absolute atomic E-state index is 0.0653. The van der Waals surface area contributed by atoms with E-state index in [0.29, 0.717) is 6.42 Å². The lowest BCUT2D eigenvalue weighted by atomic mass is 9.94. The first-order valence-electron chi connectivity index (χ1n) is 17.0. The summed E-state index contributed by atoms with van der Waals surface area (Å²) in [6, 6.07) is -3.22. The van der Waals surface area contributed by atoms with E-state index in [9.17, 15) is 54.0 Å². The van der Waals surface area contributed by atoms with Crippen LogP contribution in [0.15, 0.2) is 23.3 Å². The van der Waals surface area contributed by atoms with E-state index in [1.165, 1.54) is 11.1 Å². The average Bonchev–Trinajstić information content (AvgIpc) is 3.02. The second kappa shape index (κ2) is 21.5. The molecule has 52 heavy (non-hydrogen) atoms. The molecular weight excluding hydrogens is 734 g/mol. The van der Waals surface area contributed by atoms with Crippen LogP contribution in [0.25, 0.3) is 0 Å². The Morgan fingerprint density at radius 1 is 0.788 bits per heavy atom. The van der Waals surface area contributed by atoms with Gasteiger partial charge >= 0.3 is 15.6 Å². The molecule has 9 N–H and O–H groups in total. The highest BCUT2D eigenvalue weighted by molar-refractivity contribution is 7.61. The summed E-state index contributed by atoms with van der Waals surface area (Å²) in [6.07, 6.45) is -5.77. The summed E-state index contributed by atoms with van der Waals surface area (Å²) in [7, 11) is -10.8. The predicted octanol–water partition coefficient (Wildman–Crippen LogP) is 0.648. The summed E-state index contributed by atoms with van der Waals surface area (Å²) < 4.78 is 56.6. The van der Waals surface area contributed by atoms with E-state index < -0.39 is 102 Å². The number of rotatable bonds is 20. The number of carbonyl (C=O) groups excluding carboxylic acids is 2. The minimum atomic E-state index is -5.56. The van der Waals surface area contributed by atoms with E-state index in [-0.39, 0.29) is 12.5 Å². The van der Waals surface area contributed by atoms with Gasteiger partial charge in [0, 0.05) is 13.8 Å². The van der Waals surface area contributed by atoms with Crippen LogP contribution in [0.2, 0.25) is 0 Å². The van der Waals surface area contributed by atoms with Crippen LogP contribution in [-0.4, -0.2) is 128 Å². The molecule has 2 saturated heterocycles. The number of carbonyl (C=O) groups is 2. The smallest absolute Gasteiger partial charge is 0.394 e. The molecule has 2 fully saturated rings. The molecule has 302 valence electrons. The molecule has 2 rings (SSSR count). The molecule has 0 bridgehead atoms. The van der Waals surface area contributed by atoms with Gasteiger partial charge in [-0.25, -0.2) is 9.13 Å². The fourth-order valence-corrected chi connectivity index (χ4v) is 7.74. The minimum Gasteiger partial charge on any atom is -0.394 e. The van der Waals surface area contributed by atoms with Gasteiger partial charge in [0.1, 0.15) is 48.7 Å². The van der Waals surface area contributed by atoms with E-state index >= 15 is 0 Å². The van der Waals surface area contributed by atoms with Crippen LogP contribution in [-0.2, 0) is 46.3 Å². The third-order valence-corrected chi connectivity index (χ3v) is 11.0. The van der Waals surface area contributed by atoms with Crippen molar-refractivity contribution in [2.45, 2.75) is 135 Å². The van der Waals surface area contributed by atoms with Crippen molar-refractivity contribution in [1.82, 2.24) is 10.6 Å². The van der Waals surface area contributed by atoms with Gasteiger partial charge in [0.15, 0.2) is 12.6 Å². The van der Waals surface area contributed by atoms with Gasteiger partial charge in [-0.15, -0.1) is 0 Å². The van der Waals surface area contributed by atoms with Gasteiger partial charge in [0.25, 0.3) is 0 Å². The molecule has 0 spiro atoms. The van der Waals surface area contributed by atoms with Crippen molar-refractivity contribution >= 4 is 27.5 Å². The van der Waals surface area contributed by atoms with Crippen molar-refractivity contribution in [2.24, 2.45) is 5.92 Å². The molecule has 2 aliphatic rings. The van der Waals surface area contributed by atoms with Crippen molar-refractivity contribution < 1.29 is 81.6 Å². The fraction of sp³-hybridized carbons (Fsp3) is 0.806. The molecule has 0 aromatic carbocycles. The van der Waals surface area contributed by atoms with E-state index in [2.05, 4.69) is 34.0 Å². The van der Waals surface area contributed by atoms with Gasteiger partial charge in [0.2, 0.25) is 11.8 Å². The maximum Gasteiger partial charge on any atom is 0.483 e. The van der Waals surface area contributed by atoms with Crippen molar-refractivity contribution in [1.29, 1.82) is 0 Å². The highest BCUT2D eigenvalue weighted by Crippen LogP contribution is 2.61. The van der Waals surface area contributed by atoms with Gasteiger partial charge in [-0.1, -0.05) is 30.2 Å². The third-order valence-electron chi connectivity index (χ3n) is 8.32. The number of amides is 2. The van der Waals surface area contributed by atoms with Crippen LogP contribution in [0.1, 0.15) is 73.6 Å². The number of aliphatic hydroxyl groups is 5. The van der Waals surface area contributed by atoms with Crippen molar-refractivity contribution in [3.63, 3.8) is 0 Å². The Morgan fingerprint density at radius 3 is 1.92 bits per heavy atom. The molecule has 0 radical (unpaired) electrons. The third kappa shape index (κ3) is 15.2. The van der Waals surface area contributed by atoms with E-state index in [1.54, 1.807) is 0 Å². The van der Waals surface area contributed by atoms with Crippen LogP contribution in [0, 0.1) is 5.92 Å². The number of ether oxygens (including phenoxy) is 3. The zero-order valence-electron chi connectivity index (χ0n) is 30.3. The zero-order valence-corrected chi connectivity index (χ0v) is 32.1. The molecule has 2 amide bonds. The molecule has 19 nitrogen and oxygen atoms in total. The Kier molecular flexibility index (Phi) is 19.2. The second-order valence-corrected chi connectivity index (χ2v) is 16.3. The van der Waals surface area contributed by atoms with Crippen LogP contribution in [0.5, 0.6) is 0 Å². The van der Waals surface area contributed by atoms with E-state index in [0.717, 1.165) is 39.5 Å². The summed E-state index contributed by atoms with van der Waals surface area (Å²) in [5.74, 6) is -1.42. The largest absolute Gasteiger partial charge is 0.483 e. The molecule has 0 aromatic heterocycles. The van der Waals surface area contributed by atoms with E-state index in [1.807, 2.05) is 20.8 Å². The normalized spacial score (nSPS) is 32.6. The number of nitrogens with one attached hydrogen (secondary N) is 2. The first-order valence-corrected chi connectivity index (χ1v) is 19.9. The topological polar surface area (TPSA) is 289 Å². The van der Waals surface area contributed by atoms with E-state index in [4.69, 9.17) is 23.3 Å². The fourth-order valence-electron chi connectivity index (χ4n) is 5.58. The SMILES string of the molecule is CC(=O)NC1C(OC2C(CO)OC(OP(=O)(O)OP(=O)(O)OCCC(C)CC/C=C(\C)CCC=C(C)C)C(NC(C)=O)C2O)OC(CO)C(O)C1O. The Hall–Kier alpha value is -1.64. The first kappa shape index (κ1) is 46.5. The van der Waals surface area contributed by atoms with Crippen molar-refractivity contribution in [2.75, 3.05) is 19.8 Å². The molecule has 13 unspecified atom stereocenters. The number of hydrogen-bond donors (Lipinski definition) is 9. The number of phosphoric acid groups is 2. The molecule has 2 aliphatic heterocycles. The van der Waals surface area contributed by atoms with Gasteiger partial charge in [-0.05, 0) is 58.8 Å². The molecule has 0 aliphatic carbocycles. The second-order valence-electron chi connectivity index (χ2n) is 13.3. The quantitative estimate of drug-likeness (QED) is 0.0604. The zero-order chi connectivity index (χ0) is 39.4. The highest BCUT2D eigenvalue weighted by atomic mass is 31.3. The lowest BCUT2D eigenvalue weighted by Gasteiger charge is -2.48. The molecule has 21 heteroatoms. The van der Waals surface area contributed by atoms with Crippen LogP contribution >= 0.6 is 15.6 Å². The highest BCUT2D eigenvalue weighted by Gasteiger charge is 2.53. The predicted molar refractivity (Wildman–Crippen MR) is 183 cm³/mol. The van der Waals surface area contributed by atoms with Gasteiger partial charge < -0.3 is 60.2 Å². The summed E-state index contributed by atoms with van der Waals surface area (Å²) in [5, 5.41) is 56.4. The van der Waals surface area contributed by atoms with Gasteiger partial charge in [0.05, 0.1) is 19.8 Å². The van der Waals surface area contributed by atoms with Gasteiger partial charge in [-0.2, -0.15) is 4.31 Å². The molecule has 0 aromatic rings. The van der Waals surface area contributed by atoms with Crippen LogP contribution in [0.3, 0.4) is 0 Å². The van der Waals surface area contributed by atoms with Crippen molar-refractivity contribution in [3.05, 3.63) is 23.3 Å². The lowest BCUT2D eigenvalue weighted by Crippen LogP contribution is -2.69. The summed E-state index contributed by atoms with van der Waals surface area (Å²) in [4.78, 5) is 44.5.